The molecule has 24 heavy (non-hydrogen) atoms. The number of aromatic carboxylic acids is 1. The number of aromatic nitrogens is 1. The van der Waals surface area contributed by atoms with Gasteiger partial charge in [0.05, 0.1) is 11.4 Å². The normalized spacial score (nSPS) is 18.5. The lowest BCUT2D eigenvalue weighted by atomic mass is 10.1. The summed E-state index contributed by atoms with van der Waals surface area (Å²) < 4.78 is 0. The van der Waals surface area contributed by atoms with Gasteiger partial charge in [0.15, 0.2) is 0 Å². The smallest absolute Gasteiger partial charge is 0.335 e. The van der Waals surface area contributed by atoms with Gasteiger partial charge in [-0.2, -0.15) is 0 Å². The van der Waals surface area contributed by atoms with Gasteiger partial charge in [0, 0.05) is 18.0 Å². The highest BCUT2D eigenvalue weighted by Gasteiger charge is 2.36. The third-order valence-corrected chi connectivity index (χ3v) is 5.05. The predicted octanol–water partition coefficient (Wildman–Crippen LogP) is 1.46. The Hall–Kier alpha value is -2.09. The van der Waals surface area contributed by atoms with E-state index in [2.05, 4.69) is 10.3 Å². The summed E-state index contributed by atoms with van der Waals surface area (Å²) in [5.41, 5.74) is 0.0294. The maximum Gasteiger partial charge on any atom is 0.335 e. The molecule has 1 fully saturated rings. The molecule has 0 saturated carbocycles. The number of carboxylic acids is 1. The van der Waals surface area contributed by atoms with E-state index in [1.807, 2.05) is 20.8 Å². The molecule has 2 amide bonds. The fourth-order valence-corrected chi connectivity index (χ4v) is 3.33. The number of pyridine rings is 1. The second-order valence-corrected chi connectivity index (χ2v) is 7.07. The van der Waals surface area contributed by atoms with Gasteiger partial charge in [-0.05, 0) is 25.0 Å². The second-order valence-electron chi connectivity index (χ2n) is 6.07. The van der Waals surface area contributed by atoms with E-state index in [1.165, 1.54) is 35.0 Å². The minimum atomic E-state index is -1.12. The van der Waals surface area contributed by atoms with Crippen LogP contribution < -0.4 is 5.32 Å². The first kappa shape index (κ1) is 18.3. The quantitative estimate of drug-likeness (QED) is 0.833. The van der Waals surface area contributed by atoms with E-state index < -0.39 is 17.9 Å². The van der Waals surface area contributed by atoms with Gasteiger partial charge in [0.2, 0.25) is 5.91 Å². The summed E-state index contributed by atoms with van der Waals surface area (Å²) in [5, 5.41) is 12.0. The molecule has 2 unspecified atom stereocenters. The minimum Gasteiger partial charge on any atom is -0.478 e. The highest BCUT2D eigenvalue weighted by Crippen LogP contribution is 2.23. The minimum absolute atomic E-state index is 0.00497. The number of amides is 2. The highest BCUT2D eigenvalue weighted by atomic mass is 32.2. The zero-order valence-electron chi connectivity index (χ0n) is 13.9. The average Bonchev–Trinajstić information content (AvgIpc) is 3.03. The van der Waals surface area contributed by atoms with E-state index in [0.29, 0.717) is 17.5 Å². The van der Waals surface area contributed by atoms with E-state index in [-0.39, 0.29) is 23.2 Å². The van der Waals surface area contributed by atoms with Gasteiger partial charge in [-0.15, -0.1) is 11.8 Å². The van der Waals surface area contributed by atoms with Gasteiger partial charge >= 0.3 is 5.97 Å². The largest absolute Gasteiger partial charge is 0.478 e. The van der Waals surface area contributed by atoms with Crippen LogP contribution in [0, 0.1) is 5.92 Å². The van der Waals surface area contributed by atoms with Crippen LogP contribution >= 0.6 is 11.8 Å². The van der Waals surface area contributed by atoms with Gasteiger partial charge < -0.3 is 15.3 Å². The number of thioether (sulfide) groups is 1. The number of rotatable bonds is 5. The lowest BCUT2D eigenvalue weighted by Gasteiger charge is -2.25. The van der Waals surface area contributed by atoms with E-state index in [4.69, 9.17) is 5.11 Å². The molecule has 1 aromatic rings. The summed E-state index contributed by atoms with van der Waals surface area (Å²) in [6, 6.07) is 2.00. The number of hydrogen-bond acceptors (Lipinski definition) is 5. The Bertz CT molecular complexity index is 650. The van der Waals surface area contributed by atoms with Crippen molar-refractivity contribution in [1.29, 1.82) is 0 Å². The molecule has 2 atom stereocenters. The Morgan fingerprint density at radius 3 is 2.71 bits per heavy atom. The Morgan fingerprint density at radius 2 is 2.08 bits per heavy atom. The Morgan fingerprint density at radius 1 is 1.38 bits per heavy atom. The molecule has 130 valence electrons. The summed E-state index contributed by atoms with van der Waals surface area (Å²) in [5.74, 6) is -0.555. The van der Waals surface area contributed by atoms with Crippen LogP contribution in [-0.4, -0.2) is 56.5 Å². The van der Waals surface area contributed by atoms with Crippen molar-refractivity contribution in [3.63, 3.8) is 0 Å². The molecule has 1 aliphatic rings. The zero-order chi connectivity index (χ0) is 17.9. The van der Waals surface area contributed by atoms with Crippen LogP contribution in [0.1, 0.15) is 41.6 Å². The monoisotopic (exact) mass is 351 g/mol. The molecule has 2 rings (SSSR count). The Kier molecular flexibility index (Phi) is 5.82. The van der Waals surface area contributed by atoms with Crippen LogP contribution in [-0.2, 0) is 4.79 Å². The summed E-state index contributed by atoms with van der Waals surface area (Å²) >= 11 is 1.49. The molecule has 0 bridgehead atoms. The molecule has 1 saturated heterocycles. The Labute approximate surface area is 144 Å². The fraction of sp³-hybridized carbons (Fsp3) is 0.500. The number of carbonyl (C=O) groups excluding carboxylic acids is 2. The third-order valence-electron chi connectivity index (χ3n) is 4.04. The van der Waals surface area contributed by atoms with E-state index >= 15 is 0 Å². The fourth-order valence-electron chi connectivity index (χ4n) is 2.17. The molecule has 0 spiro atoms. The molecule has 0 aliphatic carbocycles. The van der Waals surface area contributed by atoms with Crippen molar-refractivity contribution >= 4 is 29.5 Å². The lowest BCUT2D eigenvalue weighted by molar-refractivity contribution is -0.125. The maximum absolute atomic E-state index is 12.6. The van der Waals surface area contributed by atoms with Crippen LogP contribution in [0.3, 0.4) is 0 Å². The highest BCUT2D eigenvalue weighted by molar-refractivity contribution is 7.99. The van der Waals surface area contributed by atoms with Gasteiger partial charge in [0.1, 0.15) is 11.7 Å². The van der Waals surface area contributed by atoms with Crippen LogP contribution in [0.15, 0.2) is 18.3 Å². The van der Waals surface area contributed by atoms with E-state index in [1.54, 1.807) is 0 Å². The second kappa shape index (κ2) is 7.65. The number of carbonyl (C=O) groups is 3. The van der Waals surface area contributed by atoms with Gasteiger partial charge in [-0.3, -0.25) is 14.6 Å². The van der Waals surface area contributed by atoms with Crippen LogP contribution in [0.25, 0.3) is 0 Å². The van der Waals surface area contributed by atoms with E-state index in [0.717, 1.165) is 0 Å². The third kappa shape index (κ3) is 4.05. The van der Waals surface area contributed by atoms with Crippen molar-refractivity contribution in [3.05, 3.63) is 29.6 Å². The topological polar surface area (TPSA) is 99.6 Å². The van der Waals surface area contributed by atoms with Crippen molar-refractivity contribution in [3.8, 4) is 0 Å². The van der Waals surface area contributed by atoms with Crippen molar-refractivity contribution in [2.24, 2.45) is 5.92 Å². The first-order chi connectivity index (χ1) is 11.3. The first-order valence-corrected chi connectivity index (χ1v) is 8.85. The molecule has 2 N–H and O–H groups in total. The van der Waals surface area contributed by atoms with Crippen LogP contribution in [0.2, 0.25) is 0 Å². The zero-order valence-corrected chi connectivity index (χ0v) is 14.7. The number of hydrogen-bond donors (Lipinski definition) is 2. The molecule has 2 heterocycles. The summed E-state index contributed by atoms with van der Waals surface area (Å²) in [4.78, 5) is 41.5. The molecule has 1 aromatic heterocycles. The average molecular weight is 351 g/mol. The van der Waals surface area contributed by atoms with Crippen LogP contribution in [0.4, 0.5) is 0 Å². The number of nitrogens with zero attached hydrogens (tertiary/aromatic N) is 2. The molecule has 7 nitrogen and oxygen atoms in total. The maximum atomic E-state index is 12.6. The Balaban J connectivity index is 2.15. The summed E-state index contributed by atoms with van der Waals surface area (Å²) in [6.07, 6.45) is 1.29. The SMILES string of the molecule is CC(C)C(C)NC(=O)C1CSCN1C(=O)c1cc(C(=O)O)ccn1. The van der Waals surface area contributed by atoms with Crippen molar-refractivity contribution in [1.82, 2.24) is 15.2 Å². The van der Waals surface area contributed by atoms with Gasteiger partial charge in [0.25, 0.3) is 5.91 Å². The molecule has 8 heteroatoms. The van der Waals surface area contributed by atoms with Gasteiger partial charge in [-0.1, -0.05) is 13.8 Å². The predicted molar refractivity (Wildman–Crippen MR) is 90.9 cm³/mol. The molecule has 0 radical (unpaired) electrons. The molecule has 1 aliphatic heterocycles. The molecule has 0 aromatic carbocycles. The van der Waals surface area contributed by atoms with Crippen molar-refractivity contribution < 1.29 is 19.5 Å². The van der Waals surface area contributed by atoms with Crippen molar-refractivity contribution in [2.75, 3.05) is 11.6 Å². The van der Waals surface area contributed by atoms with Crippen molar-refractivity contribution in [2.45, 2.75) is 32.9 Å². The number of carboxylic acid groups (broad SMARTS) is 1. The van der Waals surface area contributed by atoms with Crippen LogP contribution in [0.5, 0.6) is 0 Å². The summed E-state index contributed by atoms with van der Waals surface area (Å²) in [6.45, 7) is 5.95. The van der Waals surface area contributed by atoms with E-state index in [9.17, 15) is 14.4 Å². The lowest BCUT2D eigenvalue weighted by Crippen LogP contribution is -2.50. The molecular weight excluding hydrogens is 330 g/mol. The number of nitrogens with one attached hydrogen (secondary N) is 1. The molecular formula is C16H21N3O4S. The standard InChI is InChI=1S/C16H21N3O4S/c1-9(2)10(3)18-14(20)13-7-24-8-19(13)15(21)12-6-11(16(22)23)4-5-17-12/h4-6,9-10,13H,7-8H2,1-3H3,(H,18,20)(H,22,23). The van der Waals surface area contributed by atoms with Gasteiger partial charge in [-0.25, -0.2) is 4.79 Å². The first-order valence-electron chi connectivity index (χ1n) is 7.69. The summed E-state index contributed by atoms with van der Waals surface area (Å²) in [7, 11) is 0.